The molecule has 0 aromatic carbocycles. The molecule has 0 heterocycles. The molecule has 0 aromatic rings. The van der Waals surface area contributed by atoms with Gasteiger partial charge in [0.1, 0.15) is 0 Å². The molecule has 0 aliphatic carbocycles. The van der Waals surface area contributed by atoms with E-state index in [-0.39, 0.29) is 6.55 Å². The van der Waals surface area contributed by atoms with Crippen LogP contribution in [0.3, 0.4) is 0 Å². The van der Waals surface area contributed by atoms with Crippen molar-refractivity contribution in [1.82, 2.24) is 0 Å². The van der Waals surface area contributed by atoms with E-state index >= 15 is 0 Å². The Morgan fingerprint density at radius 1 is 0.452 bits per heavy atom. The maximum atomic E-state index is 13.3. The Balaban J connectivity index is 6.56. The molecular formula is C11H7F19Si. The van der Waals surface area contributed by atoms with Gasteiger partial charge in [0.15, 0.2) is 0 Å². The predicted octanol–water partition coefficient (Wildman–Crippen LogP) is 7.40. The highest BCUT2D eigenvalue weighted by Crippen LogP contribution is 2.64. The Labute approximate surface area is 159 Å². The summed E-state index contributed by atoms with van der Waals surface area (Å²) in [4.78, 5) is 0. The average Bonchev–Trinajstić information content (AvgIpc) is 2.50. The fourth-order valence-corrected chi connectivity index (χ4v) is 2.48. The highest BCUT2D eigenvalue weighted by Gasteiger charge is 2.95. The lowest BCUT2D eigenvalue weighted by atomic mass is 9.88. The molecule has 0 saturated carbocycles. The van der Waals surface area contributed by atoms with Gasteiger partial charge in [-0.2, -0.15) is 74.6 Å². The summed E-state index contributed by atoms with van der Waals surface area (Å²) in [6.45, 7) is -0.137. The van der Waals surface area contributed by atoms with Gasteiger partial charge in [0.25, 0.3) is 0 Å². The first-order valence-electron chi connectivity index (χ1n) is 7.05. The van der Waals surface area contributed by atoms with Crippen LogP contribution in [-0.4, -0.2) is 56.4 Å². The Hall–Kier alpha value is -1.11. The molecule has 0 saturated heterocycles. The Bertz CT molecular complexity index is 638. The first-order valence-corrected chi connectivity index (χ1v) is 9.51. The molecule has 0 fully saturated rings. The summed E-state index contributed by atoms with van der Waals surface area (Å²) in [5, 5.41) is 0. The zero-order chi connectivity index (χ0) is 25.9. The van der Waals surface area contributed by atoms with Gasteiger partial charge in [-0.15, -0.1) is 0 Å². The number of hydrogen-bond acceptors (Lipinski definition) is 0. The van der Waals surface area contributed by atoms with Crippen LogP contribution in [0.1, 0.15) is 6.42 Å². The summed E-state index contributed by atoms with van der Waals surface area (Å²) in [7, 11) is -5.80. The van der Waals surface area contributed by atoms with Gasteiger partial charge in [-0.1, -0.05) is 0 Å². The number of alkyl halides is 17. The molecule has 0 aliphatic rings. The van der Waals surface area contributed by atoms with Gasteiger partial charge in [-0.3, -0.25) is 8.22 Å². The van der Waals surface area contributed by atoms with Gasteiger partial charge in [0.05, 0.1) is 0 Å². The predicted molar refractivity (Wildman–Crippen MR) is 63.9 cm³/mol. The molecule has 20 heteroatoms. The van der Waals surface area contributed by atoms with Crippen molar-refractivity contribution in [3.05, 3.63) is 0 Å². The van der Waals surface area contributed by atoms with E-state index < -0.39 is 68.8 Å². The monoisotopic (exact) mass is 528 g/mol. The number of halogens is 19. The number of rotatable bonds is 9. The van der Waals surface area contributed by atoms with E-state index in [1.165, 1.54) is 0 Å². The highest BCUT2D eigenvalue weighted by molar-refractivity contribution is 6.64. The van der Waals surface area contributed by atoms with Gasteiger partial charge in [-0.25, -0.2) is 0 Å². The standard InChI is InChI=1S/C11H7F19Si/c1-31(29,30)3-2-4(12,13)5(14,15)6(16,17)7(18,19)8(20,21)9(22,23)10(24,25)11(26,27)28/h2-3H2,1H3. The van der Waals surface area contributed by atoms with E-state index in [0.717, 1.165) is 0 Å². The van der Waals surface area contributed by atoms with Gasteiger partial charge in [-0.05, 0) is 6.55 Å². The van der Waals surface area contributed by atoms with Gasteiger partial charge in [0, 0.05) is 12.5 Å². The van der Waals surface area contributed by atoms with Crippen LogP contribution in [-0.2, 0) is 0 Å². The lowest BCUT2D eigenvalue weighted by Gasteiger charge is -2.42. The smallest absolute Gasteiger partial charge is 0.271 e. The zero-order valence-electron chi connectivity index (χ0n) is 14.1. The van der Waals surface area contributed by atoms with Crippen molar-refractivity contribution in [2.75, 3.05) is 0 Å². The third kappa shape index (κ3) is 4.40. The first-order chi connectivity index (χ1) is 13.0. The lowest BCUT2D eigenvalue weighted by molar-refractivity contribution is -0.461. The Morgan fingerprint density at radius 2 is 0.710 bits per heavy atom. The summed E-state index contributed by atoms with van der Waals surface area (Å²) < 4.78 is 244. The largest absolute Gasteiger partial charge is 0.460 e. The van der Waals surface area contributed by atoms with Gasteiger partial charge < -0.3 is 0 Å². The maximum absolute atomic E-state index is 13.3. The quantitative estimate of drug-likeness (QED) is 0.166. The molecule has 0 aromatic heterocycles. The highest BCUT2D eigenvalue weighted by atomic mass is 28.4. The molecule has 0 spiro atoms. The molecule has 0 atom stereocenters. The fourth-order valence-electron chi connectivity index (χ4n) is 1.73. The fraction of sp³-hybridized carbons (Fsp3) is 1.00. The molecule has 188 valence electrons. The second kappa shape index (κ2) is 7.46. The Morgan fingerprint density at radius 3 is 0.968 bits per heavy atom. The molecule has 0 rings (SSSR count). The van der Waals surface area contributed by atoms with E-state index in [1.54, 1.807) is 0 Å². The van der Waals surface area contributed by atoms with Crippen molar-refractivity contribution in [3.8, 4) is 0 Å². The summed E-state index contributed by atoms with van der Waals surface area (Å²) in [5.74, 6) is -57.3. The molecule has 0 N–H and O–H groups in total. The molecule has 0 nitrogen and oxygen atoms in total. The SMILES string of the molecule is C[Si](F)(F)CCC(F)(F)C(F)(F)C(F)(F)C(F)(F)C(F)(F)C(F)(F)C(F)(F)C(F)(F)F. The lowest BCUT2D eigenvalue weighted by Crippen LogP contribution is -2.74. The molecule has 0 unspecified atom stereocenters. The number of hydrogen-bond donors (Lipinski definition) is 0. The average molecular weight is 528 g/mol. The van der Waals surface area contributed by atoms with Crippen LogP contribution in [0, 0.1) is 0 Å². The van der Waals surface area contributed by atoms with Crippen LogP contribution in [0.2, 0.25) is 12.6 Å². The van der Waals surface area contributed by atoms with E-state index in [9.17, 15) is 82.9 Å². The molecule has 0 bridgehead atoms. The second-order valence-electron chi connectivity index (χ2n) is 6.22. The molecule has 0 aliphatic heterocycles. The normalized spacial score (nSPS) is 16.6. The second-order valence-corrected chi connectivity index (χ2v) is 8.86. The van der Waals surface area contributed by atoms with Crippen molar-refractivity contribution in [2.45, 2.75) is 66.6 Å². The topological polar surface area (TPSA) is 0 Å². The van der Waals surface area contributed by atoms with E-state index in [1.807, 2.05) is 0 Å². The summed E-state index contributed by atoms with van der Waals surface area (Å²) in [6, 6.07) is -2.34. The Kier molecular flexibility index (Phi) is 7.19. The van der Waals surface area contributed by atoms with E-state index in [0.29, 0.717) is 0 Å². The van der Waals surface area contributed by atoms with Crippen LogP contribution in [0.4, 0.5) is 82.9 Å². The first kappa shape index (κ1) is 29.9. The van der Waals surface area contributed by atoms with E-state index in [4.69, 9.17) is 0 Å². The van der Waals surface area contributed by atoms with E-state index in [2.05, 4.69) is 0 Å². The van der Waals surface area contributed by atoms with Gasteiger partial charge >= 0.3 is 56.4 Å². The van der Waals surface area contributed by atoms with Crippen molar-refractivity contribution in [1.29, 1.82) is 0 Å². The minimum atomic E-state index is -8.72. The van der Waals surface area contributed by atoms with Crippen molar-refractivity contribution >= 4 is 8.74 Å². The van der Waals surface area contributed by atoms with Crippen molar-refractivity contribution < 1.29 is 82.9 Å². The molecule has 0 radical (unpaired) electrons. The van der Waals surface area contributed by atoms with Gasteiger partial charge in [0.2, 0.25) is 0 Å². The zero-order valence-corrected chi connectivity index (χ0v) is 15.1. The molecule has 0 amide bonds. The maximum Gasteiger partial charge on any atom is 0.460 e. The third-order valence-corrected chi connectivity index (χ3v) is 4.79. The molecule has 31 heavy (non-hydrogen) atoms. The third-order valence-electron chi connectivity index (χ3n) is 3.67. The minimum Gasteiger partial charge on any atom is -0.271 e. The summed E-state index contributed by atoms with van der Waals surface area (Å²) in [6.07, 6.45) is -10.9. The van der Waals surface area contributed by atoms with Crippen LogP contribution in [0.5, 0.6) is 0 Å². The van der Waals surface area contributed by atoms with Crippen LogP contribution < -0.4 is 0 Å². The van der Waals surface area contributed by atoms with Crippen LogP contribution in [0.15, 0.2) is 0 Å². The molecular weight excluding hydrogens is 521 g/mol. The van der Waals surface area contributed by atoms with Crippen molar-refractivity contribution in [3.63, 3.8) is 0 Å². The summed E-state index contributed by atoms with van der Waals surface area (Å²) >= 11 is 0. The van der Waals surface area contributed by atoms with Crippen molar-refractivity contribution in [2.24, 2.45) is 0 Å². The van der Waals surface area contributed by atoms with Crippen LogP contribution >= 0.6 is 0 Å². The minimum absolute atomic E-state index is 0.137. The van der Waals surface area contributed by atoms with Crippen LogP contribution in [0.25, 0.3) is 0 Å². The summed E-state index contributed by atoms with van der Waals surface area (Å²) in [5.41, 5.74) is 0.